The molecule has 56 heavy (non-hydrogen) atoms. The SMILES string of the molecule is CC1(C)[C@H](N[C@H]2CC[C@H](C(=O)N3CCC(CN4Cc5cc6c(cc5C4)C(=O)N(C4CCC(=O)NC4=O)C6=O)CC3)CC2)C(C)(C)[C@H]1Oc1ccc(C#N)c(Cl)c1. The van der Waals surface area contributed by atoms with Crippen molar-refractivity contribution in [1.82, 2.24) is 25.3 Å². The lowest BCUT2D eigenvalue weighted by molar-refractivity contribution is -0.172. The van der Waals surface area contributed by atoms with Gasteiger partial charge in [0.15, 0.2) is 0 Å². The maximum Gasteiger partial charge on any atom is 0.262 e. The number of rotatable bonds is 8. The molecule has 1 unspecified atom stereocenters. The molecule has 4 aliphatic heterocycles. The molecule has 5 amide bonds. The van der Waals surface area contributed by atoms with Gasteiger partial charge in [-0.3, -0.25) is 39.1 Å². The highest BCUT2D eigenvalue weighted by atomic mass is 35.5. The molecule has 2 aromatic rings. The number of nitrogens with one attached hydrogen (secondary N) is 2. The molecule has 1 atom stereocenters. The van der Waals surface area contributed by atoms with Crippen LogP contribution in [0.2, 0.25) is 5.02 Å². The quantitative estimate of drug-likeness (QED) is 0.345. The molecule has 2 aliphatic carbocycles. The highest BCUT2D eigenvalue weighted by Crippen LogP contribution is 2.56. The normalized spacial score (nSPS) is 28.7. The number of fused-ring (bicyclic) bond motifs is 2. The first kappa shape index (κ1) is 38.6. The minimum absolute atomic E-state index is 0.0323. The summed E-state index contributed by atoms with van der Waals surface area (Å²) in [6, 6.07) is 10.6. The molecule has 2 N–H and O–H groups in total. The predicted molar refractivity (Wildman–Crippen MR) is 207 cm³/mol. The van der Waals surface area contributed by atoms with Crippen LogP contribution in [0.1, 0.15) is 116 Å². The van der Waals surface area contributed by atoms with Crippen molar-refractivity contribution >= 4 is 41.1 Å². The van der Waals surface area contributed by atoms with Crippen molar-refractivity contribution < 1.29 is 28.7 Å². The van der Waals surface area contributed by atoms with Crippen LogP contribution < -0.4 is 15.4 Å². The van der Waals surface area contributed by atoms with Gasteiger partial charge < -0.3 is 15.0 Å². The predicted octanol–water partition coefficient (Wildman–Crippen LogP) is 5.20. The summed E-state index contributed by atoms with van der Waals surface area (Å²) >= 11 is 6.28. The third kappa shape index (κ3) is 6.79. The number of carbonyl (C=O) groups is 5. The number of hydrogen-bond acceptors (Lipinski definition) is 9. The van der Waals surface area contributed by atoms with Crippen LogP contribution in [0, 0.1) is 34.0 Å². The Morgan fingerprint density at radius 1 is 0.911 bits per heavy atom. The Balaban J connectivity index is 0.782. The summed E-state index contributed by atoms with van der Waals surface area (Å²) in [5.74, 6) is -0.439. The van der Waals surface area contributed by atoms with Crippen LogP contribution in [0.15, 0.2) is 30.3 Å². The summed E-state index contributed by atoms with van der Waals surface area (Å²) in [6.45, 7) is 12.8. The standard InChI is InChI=1S/C43H51ClN6O6/c1-42(2)40(43(3,4)41(42)56-30-10-7-26(20-45)33(44)19-30)46-29-8-5-25(6-9-29)37(53)49-15-13-24(14-16-49)21-48-22-27-17-31-32(18-28(27)23-48)39(55)50(38(31)54)34-11-12-35(51)47-36(34)52/h7,10,17-19,24-25,29,34,40-41,46H,5-6,8-9,11-16,21-23H2,1-4H3,(H,47,51,52)/t25-,29-,34?,40-,41-. The molecule has 6 aliphatic rings. The molecule has 2 aromatic carbocycles. The Hall–Kier alpha value is -4.31. The van der Waals surface area contributed by atoms with E-state index in [9.17, 15) is 29.2 Å². The number of carbonyl (C=O) groups excluding carboxylic acids is 5. The summed E-state index contributed by atoms with van der Waals surface area (Å²) in [5.41, 5.74) is 2.90. The van der Waals surface area contributed by atoms with E-state index < -0.39 is 23.8 Å². The van der Waals surface area contributed by atoms with Crippen LogP contribution in [0.5, 0.6) is 5.75 Å². The van der Waals surface area contributed by atoms with Crippen molar-refractivity contribution in [3.63, 3.8) is 0 Å². The molecule has 4 fully saturated rings. The highest BCUT2D eigenvalue weighted by molar-refractivity contribution is 6.31. The molecule has 0 radical (unpaired) electrons. The van der Waals surface area contributed by atoms with Crippen molar-refractivity contribution in [2.24, 2.45) is 22.7 Å². The van der Waals surface area contributed by atoms with Gasteiger partial charge in [0.05, 0.1) is 21.7 Å². The number of halogens is 1. The van der Waals surface area contributed by atoms with Crippen molar-refractivity contribution in [1.29, 1.82) is 5.26 Å². The zero-order chi connectivity index (χ0) is 39.7. The lowest BCUT2D eigenvalue weighted by Crippen LogP contribution is -2.75. The molecular formula is C43H51ClN6O6. The number of imide groups is 2. The van der Waals surface area contributed by atoms with Crippen LogP contribution in [-0.2, 0) is 27.5 Å². The smallest absolute Gasteiger partial charge is 0.262 e. The van der Waals surface area contributed by atoms with Gasteiger partial charge in [0, 0.05) is 74.0 Å². The number of piperidine rings is 2. The van der Waals surface area contributed by atoms with Crippen molar-refractivity contribution in [3.8, 4) is 11.8 Å². The average molecular weight is 783 g/mol. The molecule has 0 bridgehead atoms. The fraction of sp³-hybridized carbons (Fsp3) is 0.581. The van der Waals surface area contributed by atoms with E-state index in [1.54, 1.807) is 12.1 Å². The first-order valence-electron chi connectivity index (χ1n) is 20.2. The van der Waals surface area contributed by atoms with E-state index in [4.69, 9.17) is 16.3 Å². The van der Waals surface area contributed by atoms with Crippen LogP contribution >= 0.6 is 11.6 Å². The number of hydrogen-bond donors (Lipinski definition) is 2. The van der Waals surface area contributed by atoms with E-state index in [0.29, 0.717) is 58.4 Å². The summed E-state index contributed by atoms with van der Waals surface area (Å²) in [6.07, 6.45) is 5.83. The fourth-order valence-corrected chi connectivity index (χ4v) is 11.1. The van der Waals surface area contributed by atoms with Crippen molar-refractivity contribution in [3.05, 3.63) is 63.2 Å². The molecule has 0 aromatic heterocycles. The van der Waals surface area contributed by atoms with Crippen molar-refractivity contribution in [2.45, 2.75) is 116 Å². The van der Waals surface area contributed by atoms with Gasteiger partial charge in [0.1, 0.15) is 24.0 Å². The minimum Gasteiger partial charge on any atom is -0.489 e. The van der Waals surface area contributed by atoms with Gasteiger partial charge in [-0.05, 0) is 86.3 Å². The summed E-state index contributed by atoms with van der Waals surface area (Å²) in [4.78, 5) is 69.9. The molecule has 4 heterocycles. The molecule has 8 rings (SSSR count). The second-order valence-electron chi connectivity index (χ2n) is 18.1. The van der Waals surface area contributed by atoms with Gasteiger partial charge in [-0.1, -0.05) is 39.3 Å². The van der Waals surface area contributed by atoms with Gasteiger partial charge in [0.25, 0.3) is 11.8 Å². The Bertz CT molecular complexity index is 1970. The molecule has 2 saturated heterocycles. The molecular weight excluding hydrogens is 732 g/mol. The summed E-state index contributed by atoms with van der Waals surface area (Å²) in [5, 5.41) is 15.8. The zero-order valence-corrected chi connectivity index (χ0v) is 33.4. The van der Waals surface area contributed by atoms with Crippen molar-refractivity contribution in [2.75, 3.05) is 19.6 Å². The number of likely N-dealkylation sites (tertiary alicyclic amines) is 1. The topological polar surface area (TPSA) is 152 Å². The largest absolute Gasteiger partial charge is 0.489 e. The molecule has 13 heteroatoms. The average Bonchev–Trinajstić information content (AvgIpc) is 3.67. The molecule has 0 spiro atoms. The number of nitrogens with zero attached hydrogens (tertiary/aromatic N) is 4. The number of nitriles is 1. The first-order valence-corrected chi connectivity index (χ1v) is 20.5. The van der Waals surface area contributed by atoms with E-state index in [-0.39, 0.29) is 47.6 Å². The monoisotopic (exact) mass is 782 g/mol. The maximum absolute atomic E-state index is 13.7. The maximum atomic E-state index is 13.7. The zero-order valence-electron chi connectivity index (χ0n) is 32.7. The fourth-order valence-electron chi connectivity index (χ4n) is 10.9. The molecule has 2 saturated carbocycles. The Morgan fingerprint density at radius 3 is 2.11 bits per heavy atom. The van der Waals surface area contributed by atoms with E-state index in [2.05, 4.69) is 54.2 Å². The van der Waals surface area contributed by atoms with Gasteiger partial charge in [0.2, 0.25) is 17.7 Å². The van der Waals surface area contributed by atoms with Crippen LogP contribution in [0.25, 0.3) is 0 Å². The second-order valence-corrected chi connectivity index (χ2v) is 18.5. The third-order valence-corrected chi connectivity index (χ3v) is 13.9. The van der Waals surface area contributed by atoms with E-state index >= 15 is 0 Å². The van der Waals surface area contributed by atoms with Gasteiger partial charge in [-0.15, -0.1) is 0 Å². The van der Waals surface area contributed by atoms with Gasteiger partial charge in [-0.25, -0.2) is 0 Å². The Labute approximate surface area is 333 Å². The van der Waals surface area contributed by atoms with E-state index in [1.165, 1.54) is 0 Å². The highest BCUT2D eigenvalue weighted by Gasteiger charge is 2.63. The number of amides is 5. The van der Waals surface area contributed by atoms with Crippen LogP contribution in [0.4, 0.5) is 0 Å². The Morgan fingerprint density at radius 2 is 1.54 bits per heavy atom. The molecule has 12 nitrogen and oxygen atoms in total. The third-order valence-electron chi connectivity index (χ3n) is 13.6. The van der Waals surface area contributed by atoms with Crippen LogP contribution in [0.3, 0.4) is 0 Å². The summed E-state index contributed by atoms with van der Waals surface area (Å²) < 4.78 is 6.48. The number of benzene rings is 2. The van der Waals surface area contributed by atoms with E-state index in [0.717, 1.165) is 74.2 Å². The Kier molecular flexibility index (Phi) is 10.0. The lowest BCUT2D eigenvalue weighted by atomic mass is 9.49. The summed E-state index contributed by atoms with van der Waals surface area (Å²) in [7, 11) is 0. The van der Waals surface area contributed by atoms with Gasteiger partial charge >= 0.3 is 0 Å². The minimum atomic E-state index is -0.965. The first-order chi connectivity index (χ1) is 26.6. The van der Waals surface area contributed by atoms with Crippen LogP contribution in [-0.4, -0.2) is 88.1 Å². The lowest BCUT2D eigenvalue weighted by Gasteiger charge is -2.64. The van der Waals surface area contributed by atoms with Gasteiger partial charge in [-0.2, -0.15) is 5.26 Å². The second kappa shape index (κ2) is 14.6. The number of ether oxygens (including phenoxy) is 1. The van der Waals surface area contributed by atoms with E-state index in [1.807, 2.05) is 18.2 Å². The molecule has 296 valence electrons.